The summed E-state index contributed by atoms with van der Waals surface area (Å²) in [6.07, 6.45) is 4.49. The van der Waals surface area contributed by atoms with Crippen LogP contribution in [0.25, 0.3) is 0 Å². The molecule has 2 saturated carbocycles. The van der Waals surface area contributed by atoms with E-state index in [1.807, 2.05) is 0 Å². The normalized spacial score (nSPS) is 38.4. The van der Waals surface area contributed by atoms with Crippen LogP contribution in [0.2, 0.25) is 0 Å². The van der Waals surface area contributed by atoms with E-state index >= 15 is 0 Å². The zero-order chi connectivity index (χ0) is 14.1. The molecule has 108 valence electrons. The van der Waals surface area contributed by atoms with Crippen molar-refractivity contribution >= 4 is 11.7 Å². The number of primary amides is 1. The lowest BCUT2D eigenvalue weighted by atomic mass is 9.94. The lowest BCUT2D eigenvalue weighted by molar-refractivity contribution is 0.0999. The van der Waals surface area contributed by atoms with Gasteiger partial charge in [0, 0.05) is 13.0 Å². The second-order valence-electron chi connectivity index (χ2n) is 6.70. The van der Waals surface area contributed by atoms with Gasteiger partial charge < -0.3 is 16.2 Å². The number of ether oxygens (including phenoxy) is 1. The Morgan fingerprint density at radius 3 is 2.50 bits per heavy atom. The van der Waals surface area contributed by atoms with Crippen LogP contribution in [0.4, 0.5) is 5.82 Å². The third-order valence-electron chi connectivity index (χ3n) is 5.41. The largest absolute Gasteiger partial charge is 0.383 e. The molecule has 1 spiro atoms. The van der Waals surface area contributed by atoms with E-state index in [4.69, 9.17) is 16.2 Å². The molecule has 1 aromatic rings. The topological polar surface area (TPSA) is 99.5 Å². The molecule has 4 N–H and O–H groups in total. The van der Waals surface area contributed by atoms with Crippen LogP contribution < -0.4 is 11.5 Å². The van der Waals surface area contributed by atoms with Crippen LogP contribution in [0.5, 0.6) is 0 Å². The first-order chi connectivity index (χ1) is 9.49. The molecule has 3 aliphatic rings. The van der Waals surface area contributed by atoms with Gasteiger partial charge in [-0.2, -0.15) is 5.10 Å². The molecule has 2 aliphatic carbocycles. The number of hydrogen-bond donors (Lipinski definition) is 2. The van der Waals surface area contributed by atoms with E-state index in [-0.39, 0.29) is 5.60 Å². The third-order valence-corrected chi connectivity index (χ3v) is 5.41. The SMILES string of the molecule is Cn1nc(C2CC3CC4(CO4)CC3C2)c(C(N)=O)c1N. The van der Waals surface area contributed by atoms with Crippen molar-refractivity contribution in [1.29, 1.82) is 0 Å². The molecule has 6 nitrogen and oxygen atoms in total. The molecule has 20 heavy (non-hydrogen) atoms. The summed E-state index contributed by atoms with van der Waals surface area (Å²) >= 11 is 0. The van der Waals surface area contributed by atoms with Crippen molar-refractivity contribution in [2.24, 2.45) is 24.6 Å². The lowest BCUT2D eigenvalue weighted by Gasteiger charge is -2.11. The van der Waals surface area contributed by atoms with Crippen molar-refractivity contribution in [3.8, 4) is 0 Å². The maximum absolute atomic E-state index is 11.6. The van der Waals surface area contributed by atoms with Gasteiger partial charge in [0.2, 0.25) is 0 Å². The summed E-state index contributed by atoms with van der Waals surface area (Å²) in [5.41, 5.74) is 12.8. The maximum Gasteiger partial charge on any atom is 0.254 e. The Balaban J connectivity index is 1.61. The highest BCUT2D eigenvalue weighted by molar-refractivity contribution is 5.98. The predicted octanol–water partition coefficient (Wildman–Crippen LogP) is 0.774. The molecule has 1 aromatic heterocycles. The zero-order valence-electron chi connectivity index (χ0n) is 11.6. The first-order valence-electron chi connectivity index (χ1n) is 7.25. The van der Waals surface area contributed by atoms with Crippen LogP contribution >= 0.6 is 0 Å². The van der Waals surface area contributed by atoms with Crippen molar-refractivity contribution in [2.45, 2.75) is 37.2 Å². The number of nitrogens with two attached hydrogens (primary N) is 2. The maximum atomic E-state index is 11.6. The molecule has 4 rings (SSSR count). The summed E-state index contributed by atoms with van der Waals surface area (Å²) in [6.45, 7) is 0.938. The second kappa shape index (κ2) is 3.75. The van der Waals surface area contributed by atoms with E-state index in [9.17, 15) is 4.79 Å². The molecule has 3 fully saturated rings. The minimum Gasteiger partial charge on any atom is -0.383 e. The first kappa shape index (κ1) is 12.2. The Kier molecular flexibility index (Phi) is 2.29. The van der Waals surface area contributed by atoms with Crippen LogP contribution in [-0.4, -0.2) is 27.9 Å². The van der Waals surface area contributed by atoms with Gasteiger partial charge in [0.1, 0.15) is 11.4 Å². The highest BCUT2D eigenvalue weighted by Crippen LogP contribution is 2.58. The van der Waals surface area contributed by atoms with Crippen LogP contribution in [0, 0.1) is 11.8 Å². The Hall–Kier alpha value is -1.56. The fourth-order valence-electron chi connectivity index (χ4n) is 4.41. The van der Waals surface area contributed by atoms with Gasteiger partial charge in [-0.15, -0.1) is 0 Å². The van der Waals surface area contributed by atoms with Crippen LogP contribution in [0.3, 0.4) is 0 Å². The molecule has 1 amide bonds. The molecule has 0 radical (unpaired) electrons. The number of nitrogens with zero attached hydrogens (tertiary/aromatic N) is 2. The van der Waals surface area contributed by atoms with Crippen LogP contribution in [0.15, 0.2) is 0 Å². The number of anilines is 1. The number of epoxide rings is 1. The Morgan fingerprint density at radius 2 is 2.00 bits per heavy atom. The summed E-state index contributed by atoms with van der Waals surface area (Å²) in [7, 11) is 1.76. The number of rotatable bonds is 2. The quantitative estimate of drug-likeness (QED) is 0.779. The Labute approximate surface area is 117 Å². The molecule has 2 unspecified atom stereocenters. The Morgan fingerprint density at radius 1 is 1.40 bits per heavy atom. The molecule has 1 saturated heterocycles. The minimum atomic E-state index is -0.468. The third kappa shape index (κ3) is 1.60. The number of aromatic nitrogens is 2. The average Bonchev–Trinajstić information content (AvgIpc) is 2.70. The number of carbonyl (C=O) groups excluding carboxylic acids is 1. The average molecular weight is 276 g/mol. The van der Waals surface area contributed by atoms with E-state index in [2.05, 4.69) is 5.10 Å². The molecule has 2 heterocycles. The summed E-state index contributed by atoms with van der Waals surface area (Å²) in [6, 6.07) is 0. The van der Waals surface area contributed by atoms with Crippen LogP contribution in [-0.2, 0) is 11.8 Å². The molecular formula is C14H20N4O2. The molecular weight excluding hydrogens is 256 g/mol. The molecule has 2 atom stereocenters. The number of fused-ring (bicyclic) bond motifs is 1. The van der Waals surface area contributed by atoms with Gasteiger partial charge in [-0.1, -0.05) is 0 Å². The molecule has 0 aromatic carbocycles. The van der Waals surface area contributed by atoms with Crippen LogP contribution in [0.1, 0.15) is 47.7 Å². The minimum absolute atomic E-state index is 0.218. The highest BCUT2D eigenvalue weighted by Gasteiger charge is 2.57. The standard InChI is InChI=1S/C14H20N4O2/c1-18-12(15)10(13(16)19)11(17-18)7-2-8-4-14(6-20-14)5-9(8)3-7/h7-9H,2-6,15H2,1H3,(H2,16,19). The van der Waals surface area contributed by atoms with Gasteiger partial charge >= 0.3 is 0 Å². The summed E-state index contributed by atoms with van der Waals surface area (Å²) < 4.78 is 7.17. The fourth-order valence-corrected chi connectivity index (χ4v) is 4.41. The van der Waals surface area contributed by atoms with E-state index in [0.717, 1.165) is 25.1 Å². The highest BCUT2D eigenvalue weighted by atomic mass is 16.6. The van der Waals surface area contributed by atoms with E-state index < -0.39 is 5.91 Å². The van der Waals surface area contributed by atoms with Crippen molar-refractivity contribution in [1.82, 2.24) is 9.78 Å². The number of carbonyl (C=O) groups is 1. The van der Waals surface area contributed by atoms with Gasteiger partial charge in [-0.25, -0.2) is 0 Å². The smallest absolute Gasteiger partial charge is 0.254 e. The van der Waals surface area contributed by atoms with E-state index in [1.54, 1.807) is 11.7 Å². The number of amides is 1. The predicted molar refractivity (Wildman–Crippen MR) is 73.0 cm³/mol. The van der Waals surface area contributed by atoms with Crippen molar-refractivity contribution in [3.05, 3.63) is 11.3 Å². The molecule has 1 aliphatic heterocycles. The van der Waals surface area contributed by atoms with E-state index in [1.165, 1.54) is 12.8 Å². The van der Waals surface area contributed by atoms with Gasteiger partial charge in [0.25, 0.3) is 5.91 Å². The summed E-state index contributed by atoms with van der Waals surface area (Å²) in [4.78, 5) is 11.6. The number of nitrogen functional groups attached to an aromatic ring is 1. The van der Waals surface area contributed by atoms with Crippen molar-refractivity contribution in [3.63, 3.8) is 0 Å². The number of aryl methyl sites for hydroxylation is 1. The number of hydrogen-bond acceptors (Lipinski definition) is 4. The van der Waals surface area contributed by atoms with Gasteiger partial charge in [0.05, 0.1) is 17.9 Å². The Bertz CT molecular complexity index is 574. The summed E-state index contributed by atoms with van der Waals surface area (Å²) in [5.74, 6) is 1.63. The van der Waals surface area contributed by atoms with Gasteiger partial charge in [0.15, 0.2) is 0 Å². The molecule has 6 heteroatoms. The monoisotopic (exact) mass is 276 g/mol. The lowest BCUT2D eigenvalue weighted by Crippen LogP contribution is -2.16. The van der Waals surface area contributed by atoms with Crippen molar-refractivity contribution < 1.29 is 9.53 Å². The van der Waals surface area contributed by atoms with Crippen molar-refractivity contribution in [2.75, 3.05) is 12.3 Å². The van der Waals surface area contributed by atoms with Gasteiger partial charge in [-0.05, 0) is 37.5 Å². The second-order valence-corrected chi connectivity index (χ2v) is 6.70. The zero-order valence-corrected chi connectivity index (χ0v) is 11.6. The summed E-state index contributed by atoms with van der Waals surface area (Å²) in [5, 5.41) is 4.45. The molecule has 0 bridgehead atoms. The fraction of sp³-hybridized carbons (Fsp3) is 0.714. The van der Waals surface area contributed by atoms with E-state index in [0.29, 0.717) is 29.1 Å². The first-order valence-corrected chi connectivity index (χ1v) is 7.25. The van der Waals surface area contributed by atoms with Gasteiger partial charge in [-0.3, -0.25) is 9.48 Å².